The van der Waals surface area contributed by atoms with Crippen molar-refractivity contribution in [1.82, 2.24) is 14.8 Å². The molecule has 24 heavy (non-hydrogen) atoms. The van der Waals surface area contributed by atoms with Crippen molar-refractivity contribution < 1.29 is 4.79 Å². The van der Waals surface area contributed by atoms with Crippen molar-refractivity contribution in [2.75, 3.05) is 26.2 Å². The molecule has 5 heteroatoms. The Morgan fingerprint density at radius 1 is 1.08 bits per heavy atom. The van der Waals surface area contributed by atoms with Gasteiger partial charge >= 0.3 is 0 Å². The summed E-state index contributed by atoms with van der Waals surface area (Å²) in [6.07, 6.45) is 4.62. The highest BCUT2D eigenvalue weighted by Crippen LogP contribution is 2.22. The molecule has 0 radical (unpaired) electrons. The van der Waals surface area contributed by atoms with E-state index in [1.807, 2.05) is 29.4 Å². The summed E-state index contributed by atoms with van der Waals surface area (Å²) >= 11 is 6.17. The topological polar surface area (TPSA) is 36.4 Å². The number of benzene rings is 1. The smallest absolute Gasteiger partial charge is 0.255 e. The molecule has 0 spiro atoms. The zero-order valence-corrected chi connectivity index (χ0v) is 14.6. The molecule has 1 fully saturated rings. The first kappa shape index (κ1) is 16.9. The molecule has 1 aliphatic rings. The van der Waals surface area contributed by atoms with E-state index in [0.29, 0.717) is 16.6 Å². The van der Waals surface area contributed by atoms with E-state index in [0.717, 1.165) is 32.6 Å². The number of carbonyl (C=O) groups excluding carboxylic acids is 1. The highest BCUT2D eigenvalue weighted by molar-refractivity contribution is 6.33. The Kier molecular flexibility index (Phi) is 5.48. The van der Waals surface area contributed by atoms with Crippen LogP contribution in [0.15, 0.2) is 48.8 Å². The summed E-state index contributed by atoms with van der Waals surface area (Å²) in [6, 6.07) is 11.7. The average Bonchev–Trinajstić information content (AvgIpc) is 2.88. The van der Waals surface area contributed by atoms with Gasteiger partial charge in [-0.05, 0) is 43.2 Å². The number of halogens is 1. The number of carbonyl (C=O) groups is 1. The first-order valence-corrected chi connectivity index (χ1v) is 8.72. The van der Waals surface area contributed by atoms with E-state index in [1.54, 1.807) is 12.1 Å². The van der Waals surface area contributed by atoms with Gasteiger partial charge in [0.05, 0.1) is 10.6 Å². The van der Waals surface area contributed by atoms with Gasteiger partial charge in [-0.1, -0.05) is 23.7 Å². The van der Waals surface area contributed by atoms with E-state index < -0.39 is 0 Å². The Labute approximate surface area is 148 Å². The van der Waals surface area contributed by atoms with E-state index in [-0.39, 0.29) is 5.91 Å². The standard InChI is InChI=1S/C19H22ClN3O/c1-15(16-7-9-21-10-8-16)22-11-4-12-23(14-13-22)19(24)17-5-2-3-6-18(17)20/h2-3,5-10,15H,4,11-14H2,1H3/t15-/m1/s1. The van der Waals surface area contributed by atoms with Gasteiger partial charge in [0.1, 0.15) is 0 Å². The number of pyridine rings is 1. The summed E-state index contributed by atoms with van der Waals surface area (Å²) in [4.78, 5) is 21.2. The second kappa shape index (κ2) is 7.77. The van der Waals surface area contributed by atoms with Crippen LogP contribution in [0.5, 0.6) is 0 Å². The highest BCUT2D eigenvalue weighted by Gasteiger charge is 2.24. The van der Waals surface area contributed by atoms with E-state index in [1.165, 1.54) is 5.56 Å². The second-order valence-electron chi connectivity index (χ2n) is 6.12. The number of rotatable bonds is 3. The van der Waals surface area contributed by atoms with Crippen LogP contribution in [0, 0.1) is 0 Å². The molecule has 1 aromatic carbocycles. The van der Waals surface area contributed by atoms with Gasteiger partial charge in [-0.3, -0.25) is 14.7 Å². The molecule has 0 saturated carbocycles. The van der Waals surface area contributed by atoms with Gasteiger partial charge in [0.25, 0.3) is 5.91 Å². The Hall–Kier alpha value is -1.91. The number of aromatic nitrogens is 1. The molecule has 0 aliphatic carbocycles. The second-order valence-corrected chi connectivity index (χ2v) is 6.53. The maximum atomic E-state index is 12.7. The lowest BCUT2D eigenvalue weighted by Gasteiger charge is -2.28. The fourth-order valence-electron chi connectivity index (χ4n) is 3.19. The summed E-state index contributed by atoms with van der Waals surface area (Å²) in [5, 5.41) is 0.522. The Morgan fingerprint density at radius 3 is 2.58 bits per heavy atom. The molecule has 3 rings (SSSR count). The van der Waals surface area contributed by atoms with Crippen molar-refractivity contribution in [3.05, 3.63) is 64.9 Å². The summed E-state index contributed by atoms with van der Waals surface area (Å²) < 4.78 is 0. The molecular formula is C19H22ClN3O. The third kappa shape index (κ3) is 3.77. The summed E-state index contributed by atoms with van der Waals surface area (Å²) in [7, 11) is 0. The lowest BCUT2D eigenvalue weighted by molar-refractivity contribution is 0.0759. The van der Waals surface area contributed by atoms with Crippen LogP contribution in [-0.2, 0) is 0 Å². The van der Waals surface area contributed by atoms with Crippen LogP contribution in [0.3, 0.4) is 0 Å². The van der Waals surface area contributed by atoms with Gasteiger partial charge in [-0.15, -0.1) is 0 Å². The quantitative estimate of drug-likeness (QED) is 0.853. The first-order valence-electron chi connectivity index (χ1n) is 8.34. The third-order valence-electron chi connectivity index (χ3n) is 4.66. The Morgan fingerprint density at radius 2 is 1.83 bits per heavy atom. The predicted molar refractivity (Wildman–Crippen MR) is 96.2 cm³/mol. The molecule has 0 unspecified atom stereocenters. The van der Waals surface area contributed by atoms with E-state index in [9.17, 15) is 4.79 Å². The number of hydrogen-bond donors (Lipinski definition) is 0. The maximum absolute atomic E-state index is 12.7. The minimum atomic E-state index is 0.0269. The molecule has 1 atom stereocenters. The van der Waals surface area contributed by atoms with Crippen molar-refractivity contribution in [3.63, 3.8) is 0 Å². The molecule has 1 amide bonds. The van der Waals surface area contributed by atoms with Gasteiger partial charge in [-0.25, -0.2) is 0 Å². The van der Waals surface area contributed by atoms with Crippen LogP contribution in [0.25, 0.3) is 0 Å². The van der Waals surface area contributed by atoms with Gasteiger partial charge in [0.2, 0.25) is 0 Å². The van der Waals surface area contributed by atoms with Crippen LogP contribution in [-0.4, -0.2) is 46.9 Å². The number of hydrogen-bond acceptors (Lipinski definition) is 3. The number of amides is 1. The monoisotopic (exact) mass is 343 g/mol. The molecular weight excluding hydrogens is 322 g/mol. The summed E-state index contributed by atoms with van der Waals surface area (Å²) in [5.74, 6) is 0.0269. The van der Waals surface area contributed by atoms with Crippen molar-refractivity contribution in [3.8, 4) is 0 Å². The molecule has 1 saturated heterocycles. The molecule has 1 aliphatic heterocycles. The first-order chi connectivity index (χ1) is 11.7. The molecule has 1 aromatic heterocycles. The predicted octanol–water partition coefficient (Wildman–Crippen LogP) is 3.64. The van der Waals surface area contributed by atoms with Crippen LogP contribution < -0.4 is 0 Å². The summed E-state index contributed by atoms with van der Waals surface area (Å²) in [6.45, 7) is 5.54. The largest absolute Gasteiger partial charge is 0.337 e. The van der Waals surface area contributed by atoms with Crippen molar-refractivity contribution in [2.45, 2.75) is 19.4 Å². The van der Waals surface area contributed by atoms with E-state index in [4.69, 9.17) is 11.6 Å². The van der Waals surface area contributed by atoms with Gasteiger partial charge < -0.3 is 4.90 Å². The summed E-state index contributed by atoms with van der Waals surface area (Å²) in [5.41, 5.74) is 1.85. The van der Waals surface area contributed by atoms with Gasteiger partial charge in [-0.2, -0.15) is 0 Å². The average molecular weight is 344 g/mol. The van der Waals surface area contributed by atoms with Crippen LogP contribution in [0.1, 0.15) is 35.3 Å². The third-order valence-corrected chi connectivity index (χ3v) is 4.99. The van der Waals surface area contributed by atoms with Crippen LogP contribution in [0.4, 0.5) is 0 Å². The minimum absolute atomic E-state index is 0.0269. The Bertz CT molecular complexity index is 692. The molecule has 126 valence electrons. The van der Waals surface area contributed by atoms with Crippen LogP contribution >= 0.6 is 11.6 Å². The molecule has 2 heterocycles. The minimum Gasteiger partial charge on any atom is -0.337 e. The zero-order chi connectivity index (χ0) is 16.9. The zero-order valence-electron chi connectivity index (χ0n) is 13.9. The molecule has 2 aromatic rings. The van der Waals surface area contributed by atoms with Gasteiger partial charge in [0, 0.05) is 44.6 Å². The maximum Gasteiger partial charge on any atom is 0.255 e. The fourth-order valence-corrected chi connectivity index (χ4v) is 3.40. The van der Waals surface area contributed by atoms with E-state index in [2.05, 4.69) is 28.9 Å². The molecule has 0 N–H and O–H groups in total. The van der Waals surface area contributed by atoms with E-state index >= 15 is 0 Å². The lowest BCUT2D eigenvalue weighted by Crippen LogP contribution is -2.36. The molecule has 0 bridgehead atoms. The lowest BCUT2D eigenvalue weighted by atomic mass is 10.1. The van der Waals surface area contributed by atoms with Crippen molar-refractivity contribution in [2.24, 2.45) is 0 Å². The van der Waals surface area contributed by atoms with Gasteiger partial charge in [0.15, 0.2) is 0 Å². The number of nitrogens with zero attached hydrogens (tertiary/aromatic N) is 3. The van der Waals surface area contributed by atoms with Crippen molar-refractivity contribution >= 4 is 17.5 Å². The SMILES string of the molecule is C[C@H](c1ccncc1)N1CCCN(C(=O)c2ccccc2Cl)CC1. The molecule has 4 nitrogen and oxygen atoms in total. The highest BCUT2D eigenvalue weighted by atomic mass is 35.5. The van der Waals surface area contributed by atoms with Crippen molar-refractivity contribution in [1.29, 1.82) is 0 Å². The van der Waals surface area contributed by atoms with Crippen LogP contribution in [0.2, 0.25) is 5.02 Å². The normalized spacial score (nSPS) is 17.3. The fraction of sp³-hybridized carbons (Fsp3) is 0.368. The Balaban J connectivity index is 1.67.